The highest BCUT2D eigenvalue weighted by atomic mass is 16.5. The topological polar surface area (TPSA) is 87.5 Å². The number of methoxy groups -OCH3 is 2. The first-order chi connectivity index (χ1) is 16.5. The van der Waals surface area contributed by atoms with Crippen LogP contribution >= 0.6 is 0 Å². The first kappa shape index (κ1) is 24.6. The lowest BCUT2D eigenvalue weighted by molar-refractivity contribution is 0.237. The van der Waals surface area contributed by atoms with E-state index in [4.69, 9.17) is 14.2 Å². The van der Waals surface area contributed by atoms with Gasteiger partial charge in [0.1, 0.15) is 22.9 Å². The van der Waals surface area contributed by atoms with Gasteiger partial charge < -0.3 is 19.5 Å². The molecule has 0 aliphatic rings. The molecule has 0 bridgehead atoms. The molecule has 1 heterocycles. The smallest absolute Gasteiger partial charge is 0.344 e. The second-order valence-corrected chi connectivity index (χ2v) is 7.76. The van der Waals surface area contributed by atoms with Crippen LogP contribution in [-0.4, -0.2) is 47.9 Å². The minimum Gasteiger partial charge on any atom is -0.497 e. The lowest BCUT2D eigenvalue weighted by atomic mass is 10.0. The number of carbonyl (C=O) groups excluding carboxylic acids is 1. The molecule has 0 saturated heterocycles. The van der Waals surface area contributed by atoms with Gasteiger partial charge in [0.2, 0.25) is 0 Å². The van der Waals surface area contributed by atoms with E-state index in [0.717, 1.165) is 23.3 Å². The van der Waals surface area contributed by atoms with Gasteiger partial charge in [-0.25, -0.2) is 4.79 Å². The number of aromatic nitrogens is 3. The first-order valence-corrected chi connectivity index (χ1v) is 11.0. The number of nitrogens with zero attached hydrogens (tertiary/aromatic N) is 3. The van der Waals surface area contributed by atoms with Gasteiger partial charge in [-0.2, -0.15) is 4.68 Å². The number of carbonyl (C=O) groups is 1. The Morgan fingerprint density at radius 2 is 1.88 bits per heavy atom. The van der Waals surface area contributed by atoms with E-state index in [-0.39, 0.29) is 12.1 Å². The van der Waals surface area contributed by atoms with Crippen molar-refractivity contribution in [1.82, 2.24) is 20.3 Å². The van der Waals surface area contributed by atoms with E-state index in [0.29, 0.717) is 29.4 Å². The molecule has 8 heteroatoms. The Labute approximate surface area is 199 Å². The third-order valence-corrected chi connectivity index (χ3v) is 4.90. The third-order valence-electron chi connectivity index (χ3n) is 4.90. The van der Waals surface area contributed by atoms with Crippen molar-refractivity contribution in [2.75, 3.05) is 20.8 Å². The van der Waals surface area contributed by atoms with Crippen molar-refractivity contribution in [2.24, 2.45) is 0 Å². The molecule has 3 aromatic rings. The third kappa shape index (κ3) is 6.04. The number of hydrogen-bond acceptors (Lipinski definition) is 6. The van der Waals surface area contributed by atoms with Crippen LogP contribution in [0.25, 0.3) is 23.4 Å². The van der Waals surface area contributed by atoms with Crippen LogP contribution in [0.3, 0.4) is 0 Å². The Balaban J connectivity index is 1.99. The fraction of sp³-hybridized carbons (Fsp3) is 0.269. The monoisotopic (exact) mass is 462 g/mol. The minimum absolute atomic E-state index is 0.0506. The molecule has 34 heavy (non-hydrogen) atoms. The van der Waals surface area contributed by atoms with Crippen LogP contribution in [0.4, 0.5) is 4.79 Å². The summed E-state index contributed by atoms with van der Waals surface area (Å²) >= 11 is 0. The minimum atomic E-state index is -0.373. The molecule has 0 spiro atoms. The number of nitrogens with one attached hydrogen (secondary N) is 1. The number of rotatable bonds is 10. The zero-order valence-electron chi connectivity index (χ0n) is 19.9. The van der Waals surface area contributed by atoms with Crippen molar-refractivity contribution in [3.05, 3.63) is 66.4 Å². The Hall–Kier alpha value is -4.07. The van der Waals surface area contributed by atoms with Gasteiger partial charge in [0.05, 0.1) is 32.6 Å². The summed E-state index contributed by atoms with van der Waals surface area (Å²) in [6.07, 6.45) is 8.06. The second-order valence-electron chi connectivity index (χ2n) is 7.76. The molecule has 0 radical (unpaired) electrons. The summed E-state index contributed by atoms with van der Waals surface area (Å²) in [5.74, 6) is 1.96. The van der Waals surface area contributed by atoms with Gasteiger partial charge in [-0.15, -0.1) is 11.7 Å². The maximum atomic E-state index is 12.7. The number of amides is 1. The Bertz CT molecular complexity index is 1150. The molecule has 0 aliphatic carbocycles. The highest BCUT2D eigenvalue weighted by Gasteiger charge is 2.21. The normalized spacial score (nSPS) is 11.0. The molecule has 3 rings (SSSR count). The molecule has 0 fully saturated rings. The van der Waals surface area contributed by atoms with E-state index < -0.39 is 0 Å². The highest BCUT2D eigenvalue weighted by Crippen LogP contribution is 2.37. The Morgan fingerprint density at radius 3 is 2.53 bits per heavy atom. The largest absolute Gasteiger partial charge is 0.497 e. The van der Waals surface area contributed by atoms with Crippen LogP contribution < -0.4 is 19.5 Å². The summed E-state index contributed by atoms with van der Waals surface area (Å²) in [6, 6.07) is 11.0. The van der Waals surface area contributed by atoms with Crippen LogP contribution in [0, 0.1) is 0 Å². The van der Waals surface area contributed by atoms with E-state index >= 15 is 0 Å². The van der Waals surface area contributed by atoms with Crippen LogP contribution in [0.1, 0.15) is 31.4 Å². The van der Waals surface area contributed by atoms with Crippen LogP contribution in [0.15, 0.2) is 55.3 Å². The first-order valence-electron chi connectivity index (χ1n) is 11.0. The maximum absolute atomic E-state index is 12.7. The van der Waals surface area contributed by atoms with Crippen molar-refractivity contribution in [3.63, 3.8) is 0 Å². The van der Waals surface area contributed by atoms with Gasteiger partial charge >= 0.3 is 6.03 Å². The molecular formula is C26H30N4O4. The lowest BCUT2D eigenvalue weighted by Crippen LogP contribution is -2.35. The predicted octanol–water partition coefficient (Wildman–Crippen LogP) is 5.05. The average Bonchev–Trinajstić information content (AvgIpc) is 3.32. The van der Waals surface area contributed by atoms with Crippen molar-refractivity contribution >= 4 is 18.2 Å². The maximum Gasteiger partial charge on any atom is 0.344 e. The van der Waals surface area contributed by atoms with Crippen molar-refractivity contribution in [2.45, 2.75) is 26.3 Å². The van der Waals surface area contributed by atoms with E-state index in [9.17, 15) is 4.79 Å². The molecule has 1 N–H and O–H groups in total. The summed E-state index contributed by atoms with van der Waals surface area (Å²) in [7, 11) is 3.16. The molecule has 0 unspecified atom stereocenters. The molecule has 0 aliphatic heterocycles. The second kappa shape index (κ2) is 11.7. The van der Waals surface area contributed by atoms with Crippen molar-refractivity contribution in [1.29, 1.82) is 0 Å². The lowest BCUT2D eigenvalue weighted by Gasteiger charge is -2.15. The summed E-state index contributed by atoms with van der Waals surface area (Å²) in [5.41, 5.74) is 2.94. The number of ether oxygens (including phenoxy) is 3. The van der Waals surface area contributed by atoms with Gasteiger partial charge in [-0.05, 0) is 49.6 Å². The summed E-state index contributed by atoms with van der Waals surface area (Å²) in [4.78, 5) is 12.7. The molecule has 0 saturated carbocycles. The molecule has 1 amide bonds. The van der Waals surface area contributed by atoms with Gasteiger partial charge in [-0.3, -0.25) is 0 Å². The van der Waals surface area contributed by atoms with Gasteiger partial charge in [0.25, 0.3) is 0 Å². The molecule has 178 valence electrons. The number of hydrogen-bond donors (Lipinski definition) is 1. The summed E-state index contributed by atoms with van der Waals surface area (Å²) in [5, 5.41) is 10.8. The van der Waals surface area contributed by atoms with Crippen LogP contribution in [0.2, 0.25) is 0 Å². The standard InChI is InChI=1S/C26H30N4O4/c1-6-7-14-34-21-12-9-19(10-13-21)8-11-20-15-22(32-4)16-24(33-5)25(20)23-17-27-29-30(23)26(31)28-18(2)3/h6,8-13,15-18H,1,7,14H2,2-5H3,(H,28,31)/b11-8+. The summed E-state index contributed by atoms with van der Waals surface area (Å²) in [6.45, 7) is 8.06. The fourth-order valence-electron chi connectivity index (χ4n) is 3.28. The van der Waals surface area contributed by atoms with Crippen LogP contribution in [-0.2, 0) is 0 Å². The number of benzene rings is 2. The van der Waals surface area contributed by atoms with E-state index in [1.807, 2.05) is 62.4 Å². The highest BCUT2D eigenvalue weighted by molar-refractivity contribution is 5.88. The van der Waals surface area contributed by atoms with E-state index in [1.54, 1.807) is 20.3 Å². The fourth-order valence-corrected chi connectivity index (χ4v) is 3.28. The van der Waals surface area contributed by atoms with Gasteiger partial charge in [-0.1, -0.05) is 35.6 Å². The molecular weight excluding hydrogens is 432 g/mol. The Morgan fingerprint density at radius 1 is 1.12 bits per heavy atom. The average molecular weight is 463 g/mol. The quantitative estimate of drug-likeness (QED) is 0.258. The summed E-state index contributed by atoms with van der Waals surface area (Å²) < 4.78 is 18.0. The molecule has 0 atom stereocenters. The zero-order valence-corrected chi connectivity index (χ0v) is 19.9. The van der Waals surface area contributed by atoms with Gasteiger partial charge in [0, 0.05) is 12.1 Å². The van der Waals surface area contributed by atoms with E-state index in [2.05, 4.69) is 22.2 Å². The predicted molar refractivity (Wildman–Crippen MR) is 133 cm³/mol. The zero-order chi connectivity index (χ0) is 24.5. The molecule has 1 aromatic heterocycles. The molecule has 2 aromatic carbocycles. The van der Waals surface area contributed by atoms with E-state index in [1.165, 1.54) is 10.9 Å². The SMILES string of the molecule is C=CCCOc1ccc(/C=C/c2cc(OC)cc(OC)c2-c2cnnn2C(=O)NC(C)C)cc1. The molecule has 8 nitrogen and oxygen atoms in total. The van der Waals surface area contributed by atoms with Crippen molar-refractivity contribution < 1.29 is 19.0 Å². The Kier molecular flexibility index (Phi) is 8.45. The van der Waals surface area contributed by atoms with Crippen molar-refractivity contribution in [3.8, 4) is 28.5 Å². The van der Waals surface area contributed by atoms with Crippen LogP contribution in [0.5, 0.6) is 17.2 Å². The van der Waals surface area contributed by atoms with Gasteiger partial charge in [0.15, 0.2) is 0 Å².